The van der Waals surface area contributed by atoms with Gasteiger partial charge in [-0.3, -0.25) is 4.79 Å². The van der Waals surface area contributed by atoms with Crippen molar-refractivity contribution >= 4 is 5.97 Å². The minimum Gasteiger partial charge on any atom is -0.469 e. The molecule has 0 aliphatic heterocycles. The molecule has 0 saturated heterocycles. The van der Waals surface area contributed by atoms with E-state index in [1.54, 1.807) is 0 Å². The van der Waals surface area contributed by atoms with Crippen LogP contribution in [0.4, 0.5) is 0 Å². The van der Waals surface area contributed by atoms with Crippen LogP contribution in [0.1, 0.15) is 60.8 Å². The summed E-state index contributed by atoms with van der Waals surface area (Å²) in [5.41, 5.74) is 0.451. The van der Waals surface area contributed by atoms with Crippen LogP contribution in [0.5, 0.6) is 0 Å². The fraction of sp³-hybridized carbons (Fsp3) is 0.929. The van der Waals surface area contributed by atoms with E-state index in [2.05, 4.69) is 41.5 Å². The van der Waals surface area contributed by atoms with E-state index < -0.39 is 0 Å². The Kier molecular flexibility index (Phi) is 5.51. The Bertz CT molecular complexity index is 223. The third-order valence-corrected chi connectivity index (χ3v) is 3.52. The van der Waals surface area contributed by atoms with E-state index in [0.717, 1.165) is 12.8 Å². The number of methoxy groups -OCH3 is 1. The van der Waals surface area contributed by atoms with E-state index in [9.17, 15) is 4.79 Å². The summed E-state index contributed by atoms with van der Waals surface area (Å²) in [6, 6.07) is 0. The van der Waals surface area contributed by atoms with Gasteiger partial charge in [-0.15, -0.1) is 0 Å². The van der Waals surface area contributed by atoms with Gasteiger partial charge >= 0.3 is 5.97 Å². The molecular weight excluding hydrogens is 200 g/mol. The van der Waals surface area contributed by atoms with E-state index in [1.165, 1.54) is 7.11 Å². The van der Waals surface area contributed by atoms with Gasteiger partial charge in [0, 0.05) is 6.42 Å². The lowest BCUT2D eigenvalue weighted by molar-refractivity contribution is -0.143. The van der Waals surface area contributed by atoms with Crippen molar-refractivity contribution < 1.29 is 9.53 Å². The number of esters is 1. The van der Waals surface area contributed by atoms with Crippen LogP contribution in [0.25, 0.3) is 0 Å². The van der Waals surface area contributed by atoms with Crippen molar-refractivity contribution in [1.82, 2.24) is 0 Å². The average Bonchev–Trinajstić information content (AvgIpc) is 2.14. The monoisotopic (exact) mass is 228 g/mol. The van der Waals surface area contributed by atoms with Crippen LogP contribution in [-0.2, 0) is 9.53 Å². The fourth-order valence-electron chi connectivity index (χ4n) is 1.94. The second kappa shape index (κ2) is 5.70. The standard InChI is InChI=1S/C14H28O2/c1-8-14(5,6)11(9-12(15)16-7)10-13(2,3)4/h11H,8-10H2,1-7H3. The summed E-state index contributed by atoms with van der Waals surface area (Å²) in [5, 5.41) is 0. The average molecular weight is 228 g/mol. The van der Waals surface area contributed by atoms with Gasteiger partial charge in [-0.05, 0) is 23.2 Å². The van der Waals surface area contributed by atoms with Gasteiger partial charge in [0.05, 0.1) is 7.11 Å². The molecule has 0 heterocycles. The smallest absolute Gasteiger partial charge is 0.305 e. The van der Waals surface area contributed by atoms with E-state index >= 15 is 0 Å². The van der Waals surface area contributed by atoms with E-state index in [4.69, 9.17) is 4.74 Å². The zero-order chi connectivity index (χ0) is 13.0. The molecule has 0 fully saturated rings. The topological polar surface area (TPSA) is 26.3 Å². The quantitative estimate of drug-likeness (QED) is 0.664. The molecule has 0 N–H and O–H groups in total. The van der Waals surface area contributed by atoms with Gasteiger partial charge in [0.15, 0.2) is 0 Å². The van der Waals surface area contributed by atoms with Crippen molar-refractivity contribution in [3.63, 3.8) is 0 Å². The molecule has 0 amide bonds. The maximum atomic E-state index is 11.4. The van der Waals surface area contributed by atoms with Gasteiger partial charge < -0.3 is 4.74 Å². The Hall–Kier alpha value is -0.530. The predicted octanol–water partition coefficient (Wildman–Crippen LogP) is 4.04. The Morgan fingerprint density at radius 2 is 1.69 bits per heavy atom. The zero-order valence-corrected chi connectivity index (χ0v) is 12.0. The van der Waals surface area contributed by atoms with Gasteiger partial charge in [0.1, 0.15) is 0 Å². The first-order valence-electron chi connectivity index (χ1n) is 6.19. The van der Waals surface area contributed by atoms with Crippen LogP contribution in [0.2, 0.25) is 0 Å². The molecule has 2 nitrogen and oxygen atoms in total. The summed E-state index contributed by atoms with van der Waals surface area (Å²) in [5.74, 6) is 0.306. The molecule has 0 aromatic carbocycles. The summed E-state index contributed by atoms with van der Waals surface area (Å²) in [6.45, 7) is 13.3. The molecule has 0 aromatic heterocycles. The molecule has 1 atom stereocenters. The first kappa shape index (κ1) is 15.5. The second-order valence-electron chi connectivity index (χ2n) is 6.58. The lowest BCUT2D eigenvalue weighted by Crippen LogP contribution is -2.30. The van der Waals surface area contributed by atoms with Crippen molar-refractivity contribution in [2.45, 2.75) is 60.8 Å². The molecule has 96 valence electrons. The molecule has 16 heavy (non-hydrogen) atoms. The van der Waals surface area contributed by atoms with Crippen molar-refractivity contribution in [2.75, 3.05) is 7.11 Å². The molecule has 0 aliphatic carbocycles. The molecule has 0 radical (unpaired) electrons. The minimum absolute atomic E-state index is 0.0872. The van der Waals surface area contributed by atoms with Crippen molar-refractivity contribution in [3.05, 3.63) is 0 Å². The molecule has 0 rings (SSSR count). The van der Waals surface area contributed by atoms with Crippen LogP contribution in [0, 0.1) is 16.7 Å². The number of hydrogen-bond donors (Lipinski definition) is 0. The highest BCUT2D eigenvalue weighted by Gasteiger charge is 2.33. The van der Waals surface area contributed by atoms with Crippen molar-refractivity contribution in [3.8, 4) is 0 Å². The number of carbonyl (C=O) groups is 1. The Labute approximate surface area is 101 Å². The summed E-state index contributed by atoms with van der Waals surface area (Å²) >= 11 is 0. The Morgan fingerprint density at radius 3 is 2.00 bits per heavy atom. The first-order chi connectivity index (χ1) is 7.12. The summed E-state index contributed by atoms with van der Waals surface area (Å²) in [4.78, 5) is 11.4. The van der Waals surface area contributed by atoms with Crippen molar-refractivity contribution in [2.24, 2.45) is 16.7 Å². The molecule has 0 aliphatic rings. The maximum Gasteiger partial charge on any atom is 0.305 e. The van der Waals surface area contributed by atoms with Gasteiger partial charge in [0.25, 0.3) is 0 Å². The molecular formula is C14H28O2. The fourth-order valence-corrected chi connectivity index (χ4v) is 1.94. The van der Waals surface area contributed by atoms with Crippen LogP contribution in [0.15, 0.2) is 0 Å². The molecule has 2 heteroatoms. The van der Waals surface area contributed by atoms with Gasteiger partial charge in [0.2, 0.25) is 0 Å². The molecule has 0 saturated carbocycles. The number of carbonyl (C=O) groups excluding carboxylic acids is 1. The highest BCUT2D eigenvalue weighted by atomic mass is 16.5. The molecule has 0 spiro atoms. The van der Waals surface area contributed by atoms with E-state index in [1.807, 2.05) is 0 Å². The zero-order valence-electron chi connectivity index (χ0n) is 12.0. The van der Waals surface area contributed by atoms with Crippen LogP contribution < -0.4 is 0 Å². The molecule has 0 bridgehead atoms. The summed E-state index contributed by atoms with van der Waals surface area (Å²) < 4.78 is 4.80. The van der Waals surface area contributed by atoms with Crippen LogP contribution in [0.3, 0.4) is 0 Å². The largest absolute Gasteiger partial charge is 0.469 e. The summed E-state index contributed by atoms with van der Waals surface area (Å²) in [7, 11) is 1.47. The molecule has 0 aromatic rings. The number of ether oxygens (including phenoxy) is 1. The lowest BCUT2D eigenvalue weighted by Gasteiger charge is -2.37. The number of rotatable bonds is 5. The Morgan fingerprint density at radius 1 is 1.19 bits per heavy atom. The van der Waals surface area contributed by atoms with E-state index in [0.29, 0.717) is 12.3 Å². The maximum absolute atomic E-state index is 11.4. The predicted molar refractivity (Wildman–Crippen MR) is 68.3 cm³/mol. The van der Waals surface area contributed by atoms with E-state index in [-0.39, 0.29) is 16.8 Å². The lowest BCUT2D eigenvalue weighted by atomic mass is 9.68. The SMILES string of the molecule is CCC(C)(C)C(CC(=O)OC)CC(C)(C)C. The van der Waals surface area contributed by atoms with Gasteiger partial charge in [-0.2, -0.15) is 0 Å². The van der Waals surface area contributed by atoms with Crippen LogP contribution in [-0.4, -0.2) is 13.1 Å². The van der Waals surface area contributed by atoms with Gasteiger partial charge in [-0.1, -0.05) is 48.0 Å². The number of hydrogen-bond acceptors (Lipinski definition) is 2. The third kappa shape index (κ3) is 5.53. The second-order valence-corrected chi connectivity index (χ2v) is 6.58. The Balaban J connectivity index is 4.71. The van der Waals surface area contributed by atoms with Crippen LogP contribution >= 0.6 is 0 Å². The third-order valence-electron chi connectivity index (χ3n) is 3.52. The highest BCUT2D eigenvalue weighted by Crippen LogP contribution is 2.40. The highest BCUT2D eigenvalue weighted by molar-refractivity contribution is 5.69. The summed E-state index contributed by atoms with van der Waals surface area (Å²) in [6.07, 6.45) is 2.68. The minimum atomic E-state index is -0.0872. The normalized spacial score (nSPS) is 14.7. The van der Waals surface area contributed by atoms with Gasteiger partial charge in [-0.25, -0.2) is 0 Å². The molecule has 1 unspecified atom stereocenters. The van der Waals surface area contributed by atoms with Crippen molar-refractivity contribution in [1.29, 1.82) is 0 Å². The first-order valence-corrected chi connectivity index (χ1v) is 6.19.